The van der Waals surface area contributed by atoms with E-state index >= 15 is 0 Å². The Morgan fingerprint density at radius 2 is 1.78 bits per heavy atom. The second-order valence-corrected chi connectivity index (χ2v) is 6.14. The molecule has 1 aliphatic rings. The highest BCUT2D eigenvalue weighted by molar-refractivity contribution is 6.34. The number of ether oxygens (including phenoxy) is 2. The highest BCUT2D eigenvalue weighted by atomic mass is 35.5. The number of para-hydroxylation sites is 2. The number of carbonyl (C=O) groups is 1. The first kappa shape index (κ1) is 15.7. The molecule has 0 radical (unpaired) electrons. The lowest BCUT2D eigenvalue weighted by Gasteiger charge is -2.31. The number of aryl methyl sites for hydroxylation is 2. The number of anilines is 1. The zero-order chi connectivity index (χ0) is 16.6. The molecule has 0 bridgehead atoms. The monoisotopic (exact) mass is 331 g/mol. The van der Waals surface area contributed by atoms with Crippen molar-refractivity contribution in [2.75, 3.05) is 5.32 Å². The van der Waals surface area contributed by atoms with Crippen molar-refractivity contribution in [1.82, 2.24) is 0 Å². The first-order valence-electron chi connectivity index (χ1n) is 7.45. The van der Waals surface area contributed by atoms with Gasteiger partial charge in [-0.3, -0.25) is 4.79 Å². The average Bonchev–Trinajstić information content (AvgIpc) is 2.50. The number of hydrogen-bond donors (Lipinski definition) is 1. The van der Waals surface area contributed by atoms with E-state index in [9.17, 15) is 4.79 Å². The summed E-state index contributed by atoms with van der Waals surface area (Å²) in [5.41, 5.74) is 2.56. The molecule has 5 heteroatoms. The molecule has 0 spiro atoms. The number of carbonyl (C=O) groups excluding carboxylic acids is 1. The Bertz CT molecular complexity index is 737. The lowest BCUT2D eigenvalue weighted by atomic mass is 10.1. The van der Waals surface area contributed by atoms with Crippen LogP contribution in [0.4, 0.5) is 5.69 Å². The SMILES string of the molecule is Cc1cc(C)c(NC(=O)[C@H]2Oc3ccccc3O[C@@H]2C)c(Cl)c1. The van der Waals surface area contributed by atoms with E-state index in [1.165, 1.54) is 0 Å². The highest BCUT2D eigenvalue weighted by Gasteiger charge is 2.34. The summed E-state index contributed by atoms with van der Waals surface area (Å²) in [6, 6.07) is 11.1. The number of rotatable bonds is 2. The second kappa shape index (κ2) is 6.13. The summed E-state index contributed by atoms with van der Waals surface area (Å²) in [5, 5.41) is 3.38. The third-order valence-corrected chi connectivity index (χ3v) is 4.08. The summed E-state index contributed by atoms with van der Waals surface area (Å²) < 4.78 is 11.6. The smallest absolute Gasteiger partial charge is 0.269 e. The predicted octanol–water partition coefficient (Wildman–Crippen LogP) is 4.12. The van der Waals surface area contributed by atoms with Gasteiger partial charge in [-0.1, -0.05) is 29.8 Å². The maximum absolute atomic E-state index is 12.6. The minimum Gasteiger partial charge on any atom is -0.482 e. The molecule has 0 saturated carbocycles. The Hall–Kier alpha value is -2.20. The third kappa shape index (κ3) is 3.13. The Morgan fingerprint density at radius 3 is 2.43 bits per heavy atom. The van der Waals surface area contributed by atoms with Crippen LogP contribution in [0.3, 0.4) is 0 Å². The molecule has 2 aromatic rings. The van der Waals surface area contributed by atoms with Crippen molar-refractivity contribution < 1.29 is 14.3 Å². The molecule has 3 rings (SSSR count). The van der Waals surface area contributed by atoms with Gasteiger partial charge < -0.3 is 14.8 Å². The van der Waals surface area contributed by atoms with Gasteiger partial charge in [0.05, 0.1) is 10.7 Å². The van der Waals surface area contributed by atoms with E-state index in [4.69, 9.17) is 21.1 Å². The molecule has 1 amide bonds. The van der Waals surface area contributed by atoms with Crippen molar-refractivity contribution in [3.8, 4) is 11.5 Å². The van der Waals surface area contributed by atoms with Gasteiger partial charge in [0.25, 0.3) is 5.91 Å². The Kier molecular flexibility index (Phi) is 4.18. The number of hydrogen-bond acceptors (Lipinski definition) is 3. The molecule has 0 fully saturated rings. The van der Waals surface area contributed by atoms with E-state index < -0.39 is 12.2 Å². The molecule has 0 unspecified atom stereocenters. The minimum absolute atomic E-state index is 0.277. The molecule has 1 heterocycles. The summed E-state index contributed by atoms with van der Waals surface area (Å²) in [7, 11) is 0. The van der Waals surface area contributed by atoms with Gasteiger partial charge in [0.1, 0.15) is 6.10 Å². The summed E-state index contributed by atoms with van der Waals surface area (Å²) in [5.74, 6) is 0.937. The fourth-order valence-electron chi connectivity index (χ4n) is 2.67. The minimum atomic E-state index is -0.735. The van der Waals surface area contributed by atoms with Gasteiger partial charge in [0.2, 0.25) is 6.10 Å². The van der Waals surface area contributed by atoms with Crippen LogP contribution < -0.4 is 14.8 Å². The van der Waals surface area contributed by atoms with Crippen molar-refractivity contribution in [2.24, 2.45) is 0 Å². The van der Waals surface area contributed by atoms with E-state index in [-0.39, 0.29) is 5.91 Å². The molecule has 2 aromatic carbocycles. The number of amides is 1. The number of nitrogens with one attached hydrogen (secondary N) is 1. The van der Waals surface area contributed by atoms with Crippen molar-refractivity contribution >= 4 is 23.2 Å². The molecule has 0 aromatic heterocycles. The second-order valence-electron chi connectivity index (χ2n) is 5.74. The first-order valence-corrected chi connectivity index (χ1v) is 7.83. The Balaban J connectivity index is 1.82. The number of benzene rings is 2. The molecular weight excluding hydrogens is 314 g/mol. The molecule has 4 nitrogen and oxygen atoms in total. The van der Waals surface area contributed by atoms with Gasteiger partial charge in [-0.25, -0.2) is 0 Å². The predicted molar refractivity (Wildman–Crippen MR) is 90.5 cm³/mol. The molecule has 23 heavy (non-hydrogen) atoms. The summed E-state index contributed by atoms with van der Waals surface area (Å²) >= 11 is 6.25. The van der Waals surface area contributed by atoms with Gasteiger partial charge in [-0.2, -0.15) is 0 Å². The Labute approximate surface area is 140 Å². The normalized spacial score (nSPS) is 19.3. The first-order chi connectivity index (χ1) is 11.0. The van der Waals surface area contributed by atoms with Crippen LogP contribution in [0.1, 0.15) is 18.1 Å². The van der Waals surface area contributed by atoms with Crippen molar-refractivity contribution in [3.63, 3.8) is 0 Å². The maximum Gasteiger partial charge on any atom is 0.269 e. The topological polar surface area (TPSA) is 47.6 Å². The van der Waals surface area contributed by atoms with E-state index in [1.807, 2.05) is 51.1 Å². The lowest BCUT2D eigenvalue weighted by Crippen LogP contribution is -2.46. The van der Waals surface area contributed by atoms with Crippen LogP contribution in [0.25, 0.3) is 0 Å². The average molecular weight is 332 g/mol. The van der Waals surface area contributed by atoms with Crippen molar-refractivity contribution in [2.45, 2.75) is 33.0 Å². The molecule has 1 N–H and O–H groups in total. The zero-order valence-corrected chi connectivity index (χ0v) is 14.0. The Morgan fingerprint density at radius 1 is 1.13 bits per heavy atom. The van der Waals surface area contributed by atoms with E-state index in [0.29, 0.717) is 22.2 Å². The third-order valence-electron chi connectivity index (χ3n) is 3.78. The van der Waals surface area contributed by atoms with Crippen LogP contribution in [0.15, 0.2) is 36.4 Å². The molecule has 2 atom stereocenters. The zero-order valence-electron chi connectivity index (χ0n) is 13.2. The van der Waals surface area contributed by atoms with Gasteiger partial charge in [0.15, 0.2) is 11.5 Å². The maximum atomic E-state index is 12.6. The van der Waals surface area contributed by atoms with E-state index in [2.05, 4.69) is 5.32 Å². The number of fused-ring (bicyclic) bond motifs is 1. The van der Waals surface area contributed by atoms with Gasteiger partial charge in [-0.05, 0) is 50.1 Å². The fraction of sp³-hybridized carbons (Fsp3) is 0.278. The van der Waals surface area contributed by atoms with Crippen molar-refractivity contribution in [1.29, 1.82) is 0 Å². The van der Waals surface area contributed by atoms with Gasteiger partial charge >= 0.3 is 0 Å². The molecule has 0 aliphatic carbocycles. The molecule has 0 saturated heterocycles. The standard InChI is InChI=1S/C18H18ClNO3/c1-10-8-11(2)16(13(19)9-10)20-18(21)17-12(3)22-14-6-4-5-7-15(14)23-17/h4-9,12,17H,1-3H3,(H,20,21)/t12-,17+/m1/s1. The van der Waals surface area contributed by atoms with Crippen LogP contribution in [-0.4, -0.2) is 18.1 Å². The van der Waals surface area contributed by atoms with E-state index in [1.54, 1.807) is 6.07 Å². The van der Waals surface area contributed by atoms with Crippen LogP contribution >= 0.6 is 11.6 Å². The molecule has 1 aliphatic heterocycles. The van der Waals surface area contributed by atoms with Crippen LogP contribution in [0.2, 0.25) is 5.02 Å². The van der Waals surface area contributed by atoms with Gasteiger partial charge in [0, 0.05) is 0 Å². The van der Waals surface area contributed by atoms with Crippen LogP contribution in [0, 0.1) is 13.8 Å². The van der Waals surface area contributed by atoms with E-state index in [0.717, 1.165) is 11.1 Å². The van der Waals surface area contributed by atoms with Crippen molar-refractivity contribution in [3.05, 3.63) is 52.5 Å². The molecule has 120 valence electrons. The van der Waals surface area contributed by atoms with Crippen LogP contribution in [-0.2, 0) is 4.79 Å². The lowest BCUT2D eigenvalue weighted by molar-refractivity contribution is -0.128. The van der Waals surface area contributed by atoms with Crippen LogP contribution in [0.5, 0.6) is 11.5 Å². The summed E-state index contributed by atoms with van der Waals surface area (Å²) in [6.07, 6.45) is -1.13. The summed E-state index contributed by atoms with van der Waals surface area (Å²) in [4.78, 5) is 12.6. The quantitative estimate of drug-likeness (QED) is 0.900. The molecular formula is C18H18ClNO3. The highest BCUT2D eigenvalue weighted by Crippen LogP contribution is 2.34. The number of halogens is 1. The summed E-state index contributed by atoms with van der Waals surface area (Å²) in [6.45, 7) is 5.68. The van der Waals surface area contributed by atoms with Gasteiger partial charge in [-0.15, -0.1) is 0 Å². The fourth-order valence-corrected chi connectivity index (χ4v) is 3.04. The largest absolute Gasteiger partial charge is 0.482 e.